The van der Waals surface area contributed by atoms with E-state index in [4.69, 9.17) is 14.4 Å². The van der Waals surface area contributed by atoms with Gasteiger partial charge >= 0.3 is 0 Å². The summed E-state index contributed by atoms with van der Waals surface area (Å²) < 4.78 is 10.1. The molecule has 0 N–H and O–H groups in total. The fraction of sp³-hybridized carbons (Fsp3) is 0.100. The Labute approximate surface area is 75.1 Å². The van der Waals surface area contributed by atoms with Crippen LogP contribution in [0.25, 0.3) is 10.8 Å². The van der Waals surface area contributed by atoms with Crippen molar-refractivity contribution in [2.75, 3.05) is 7.11 Å². The van der Waals surface area contributed by atoms with E-state index in [0.717, 1.165) is 10.8 Å². The molecule has 3 heteroatoms. The zero-order chi connectivity index (χ0) is 9.26. The number of nitriles is 1. The average molecular weight is 173 g/mol. The van der Waals surface area contributed by atoms with Crippen molar-refractivity contribution < 1.29 is 9.15 Å². The van der Waals surface area contributed by atoms with Gasteiger partial charge in [-0.15, -0.1) is 0 Å². The fourth-order valence-electron chi connectivity index (χ4n) is 1.24. The van der Waals surface area contributed by atoms with Crippen LogP contribution >= 0.6 is 0 Å². The number of methoxy groups -OCH3 is 1. The zero-order valence-corrected chi connectivity index (χ0v) is 7.07. The molecule has 0 radical (unpaired) electrons. The number of hydrogen-bond donors (Lipinski definition) is 0. The Bertz CT molecular complexity index is 479. The van der Waals surface area contributed by atoms with Crippen LogP contribution in [0.2, 0.25) is 0 Å². The van der Waals surface area contributed by atoms with E-state index in [0.29, 0.717) is 11.5 Å². The van der Waals surface area contributed by atoms with Crippen LogP contribution < -0.4 is 4.74 Å². The van der Waals surface area contributed by atoms with Crippen molar-refractivity contribution in [1.29, 1.82) is 5.26 Å². The van der Waals surface area contributed by atoms with Crippen molar-refractivity contribution in [3.63, 3.8) is 0 Å². The minimum atomic E-state index is 0.451. The Hall–Kier alpha value is -1.95. The predicted octanol–water partition coefficient (Wildman–Crippen LogP) is 2.31. The first-order valence-corrected chi connectivity index (χ1v) is 3.80. The molecule has 1 aromatic heterocycles. The first-order valence-electron chi connectivity index (χ1n) is 3.80. The molecule has 1 heterocycles. The van der Waals surface area contributed by atoms with Crippen molar-refractivity contribution in [1.82, 2.24) is 0 Å². The van der Waals surface area contributed by atoms with Crippen LogP contribution in [0.15, 0.2) is 28.9 Å². The van der Waals surface area contributed by atoms with Gasteiger partial charge in [-0.3, -0.25) is 0 Å². The molecule has 3 nitrogen and oxygen atoms in total. The van der Waals surface area contributed by atoms with Gasteiger partial charge in [0, 0.05) is 5.39 Å². The minimum Gasteiger partial charge on any atom is -0.468 e. The van der Waals surface area contributed by atoms with Crippen LogP contribution in [0, 0.1) is 11.3 Å². The zero-order valence-electron chi connectivity index (χ0n) is 7.07. The molecular weight excluding hydrogens is 166 g/mol. The van der Waals surface area contributed by atoms with Crippen LogP contribution in [0.3, 0.4) is 0 Å². The van der Waals surface area contributed by atoms with Crippen LogP contribution in [-0.2, 0) is 0 Å². The second kappa shape index (κ2) is 2.83. The van der Waals surface area contributed by atoms with Crippen molar-refractivity contribution in [3.8, 4) is 12.0 Å². The number of rotatable bonds is 1. The predicted molar refractivity (Wildman–Crippen MR) is 47.5 cm³/mol. The normalized spacial score (nSPS) is 9.85. The number of nitrogens with zero attached hydrogens (tertiary/aromatic N) is 1. The van der Waals surface area contributed by atoms with E-state index in [9.17, 15) is 0 Å². The molecule has 0 aliphatic heterocycles. The Kier molecular flexibility index (Phi) is 1.67. The van der Waals surface area contributed by atoms with E-state index in [1.165, 1.54) is 7.11 Å². The highest BCUT2D eigenvalue weighted by Gasteiger charge is 2.06. The minimum absolute atomic E-state index is 0.451. The summed E-state index contributed by atoms with van der Waals surface area (Å²) in [6.45, 7) is 0. The SMILES string of the molecule is COc1occ2ccc(C#N)cc12. The van der Waals surface area contributed by atoms with Crippen molar-refractivity contribution >= 4 is 10.8 Å². The number of fused-ring (bicyclic) bond motifs is 1. The summed E-state index contributed by atoms with van der Waals surface area (Å²) in [4.78, 5) is 0. The summed E-state index contributed by atoms with van der Waals surface area (Å²) in [6.07, 6.45) is 1.61. The van der Waals surface area contributed by atoms with E-state index in [2.05, 4.69) is 6.07 Å². The van der Waals surface area contributed by atoms with Gasteiger partial charge in [0.15, 0.2) is 0 Å². The Morgan fingerprint density at radius 1 is 1.46 bits per heavy atom. The van der Waals surface area contributed by atoms with E-state index in [1.807, 2.05) is 6.07 Å². The lowest BCUT2D eigenvalue weighted by molar-refractivity contribution is 0.309. The van der Waals surface area contributed by atoms with Gasteiger partial charge in [-0.1, -0.05) is 0 Å². The summed E-state index contributed by atoms with van der Waals surface area (Å²) >= 11 is 0. The molecule has 0 atom stereocenters. The monoisotopic (exact) mass is 173 g/mol. The molecule has 2 aromatic rings. The van der Waals surface area contributed by atoms with Gasteiger partial charge in [-0.2, -0.15) is 5.26 Å². The average Bonchev–Trinajstić information content (AvgIpc) is 2.59. The molecule has 0 spiro atoms. The highest BCUT2D eigenvalue weighted by atomic mass is 16.6. The third kappa shape index (κ3) is 1.13. The summed E-state index contributed by atoms with van der Waals surface area (Å²) in [5, 5.41) is 10.5. The molecule has 0 unspecified atom stereocenters. The first kappa shape index (κ1) is 7.69. The molecule has 0 aliphatic carbocycles. The van der Waals surface area contributed by atoms with Crippen LogP contribution in [0.4, 0.5) is 0 Å². The van der Waals surface area contributed by atoms with Crippen LogP contribution in [-0.4, -0.2) is 7.11 Å². The first-order chi connectivity index (χ1) is 6.35. The summed E-state index contributed by atoms with van der Waals surface area (Å²) in [5.41, 5.74) is 0.604. The Balaban J connectivity index is 2.73. The fourth-order valence-corrected chi connectivity index (χ4v) is 1.24. The van der Waals surface area contributed by atoms with E-state index in [1.54, 1.807) is 18.4 Å². The lowest BCUT2D eigenvalue weighted by Gasteiger charge is -1.93. The third-order valence-electron chi connectivity index (χ3n) is 1.88. The molecular formula is C10H7NO2. The van der Waals surface area contributed by atoms with E-state index in [-0.39, 0.29) is 0 Å². The maximum atomic E-state index is 8.68. The van der Waals surface area contributed by atoms with Crippen molar-refractivity contribution in [2.24, 2.45) is 0 Å². The summed E-state index contributed by atoms with van der Waals surface area (Å²) in [6, 6.07) is 7.39. The Morgan fingerprint density at radius 2 is 2.31 bits per heavy atom. The van der Waals surface area contributed by atoms with Gasteiger partial charge in [0.1, 0.15) is 6.26 Å². The molecule has 64 valence electrons. The number of hydrogen-bond acceptors (Lipinski definition) is 3. The molecule has 1 aromatic carbocycles. The van der Waals surface area contributed by atoms with Crippen molar-refractivity contribution in [2.45, 2.75) is 0 Å². The van der Waals surface area contributed by atoms with Gasteiger partial charge in [0.2, 0.25) is 0 Å². The van der Waals surface area contributed by atoms with Gasteiger partial charge in [-0.05, 0) is 18.2 Å². The molecule has 13 heavy (non-hydrogen) atoms. The summed E-state index contributed by atoms with van der Waals surface area (Å²) in [5.74, 6) is 0.451. The van der Waals surface area contributed by atoms with Crippen LogP contribution in [0.1, 0.15) is 5.56 Å². The number of benzene rings is 1. The van der Waals surface area contributed by atoms with Crippen molar-refractivity contribution in [3.05, 3.63) is 30.0 Å². The topological polar surface area (TPSA) is 46.2 Å². The molecule has 0 fully saturated rings. The van der Waals surface area contributed by atoms with Gasteiger partial charge in [0.05, 0.1) is 24.1 Å². The van der Waals surface area contributed by atoms with Gasteiger partial charge < -0.3 is 9.15 Å². The second-order valence-corrected chi connectivity index (χ2v) is 2.64. The second-order valence-electron chi connectivity index (χ2n) is 2.64. The molecule has 0 aliphatic rings. The lowest BCUT2D eigenvalue weighted by atomic mass is 10.1. The standard InChI is InChI=1S/C10H7NO2/c1-12-10-9-4-7(5-11)2-3-8(9)6-13-10/h2-4,6H,1H3. The summed E-state index contributed by atoms with van der Waals surface area (Å²) in [7, 11) is 1.54. The largest absolute Gasteiger partial charge is 0.468 e. The third-order valence-corrected chi connectivity index (χ3v) is 1.88. The number of ether oxygens (including phenoxy) is 1. The molecule has 0 bridgehead atoms. The Morgan fingerprint density at radius 3 is 3.00 bits per heavy atom. The van der Waals surface area contributed by atoms with Gasteiger partial charge in [0.25, 0.3) is 5.95 Å². The highest BCUT2D eigenvalue weighted by Crippen LogP contribution is 2.28. The number of furan rings is 1. The lowest BCUT2D eigenvalue weighted by Crippen LogP contribution is -1.79. The van der Waals surface area contributed by atoms with Crippen LogP contribution in [0.5, 0.6) is 5.95 Å². The highest BCUT2D eigenvalue weighted by molar-refractivity contribution is 5.87. The van der Waals surface area contributed by atoms with Gasteiger partial charge in [-0.25, -0.2) is 0 Å². The molecule has 0 amide bonds. The molecule has 0 saturated carbocycles. The smallest absolute Gasteiger partial charge is 0.292 e. The maximum absolute atomic E-state index is 8.68. The maximum Gasteiger partial charge on any atom is 0.292 e. The quantitative estimate of drug-likeness (QED) is 0.664. The van der Waals surface area contributed by atoms with E-state index < -0.39 is 0 Å². The molecule has 2 rings (SSSR count). The van der Waals surface area contributed by atoms with E-state index >= 15 is 0 Å². The molecule has 0 saturated heterocycles.